The van der Waals surface area contributed by atoms with E-state index in [0.717, 1.165) is 42.2 Å². The molecule has 2 aromatic heterocycles. The fourth-order valence-corrected chi connectivity index (χ4v) is 10.3. The fraction of sp³-hybridized carbons (Fsp3) is 0.485. The molecule has 1 spiro atoms. The summed E-state index contributed by atoms with van der Waals surface area (Å²) in [5.41, 5.74) is 0.417. The van der Waals surface area contributed by atoms with Crippen LogP contribution in [-0.2, 0) is 0 Å². The largest absolute Gasteiger partial charge is 0.461 e. The van der Waals surface area contributed by atoms with Crippen LogP contribution in [0.5, 0.6) is 6.01 Å². The van der Waals surface area contributed by atoms with Crippen molar-refractivity contribution in [3.05, 3.63) is 53.4 Å². The number of nitrogens with zero attached hydrogens (tertiary/aromatic N) is 6. The molecule has 11 heteroatoms. The standard InChI is InChI=1S/C33H31ClF3N6O/c34-22-7-2-5-17-4-1-6-20(25(17)22)28-27(37)29-21(12-38-28)31(41-14-19-10-23-30-26(36)24(15-41)43(19,23)30)40-32(39-29)44-16-33-8-3-9-42(33)13-18(35)11-33/h1-2,4-7,12,18-19,23-24,26,30H,3,8-11,13-16H2/q+1/t18-,19?,23?,24?,26?,30?,33+,43?/m1/s1. The van der Waals surface area contributed by atoms with E-state index in [1.54, 1.807) is 12.3 Å². The third-order valence-corrected chi connectivity index (χ3v) is 12.2. The smallest absolute Gasteiger partial charge is 0.319 e. The third-order valence-electron chi connectivity index (χ3n) is 11.9. The summed E-state index contributed by atoms with van der Waals surface area (Å²) >= 11 is 6.60. The minimum atomic E-state index is -0.891. The molecule has 0 amide bonds. The number of hydrogen-bond acceptors (Lipinski definition) is 6. The van der Waals surface area contributed by atoms with Crippen LogP contribution < -0.4 is 9.64 Å². The first-order valence-corrected chi connectivity index (χ1v) is 16.1. The molecule has 7 nitrogen and oxygen atoms in total. The molecule has 0 bridgehead atoms. The number of pyridine rings is 1. The topological polar surface area (TPSA) is 54.4 Å². The number of aromatic nitrogens is 3. The van der Waals surface area contributed by atoms with Gasteiger partial charge in [-0.2, -0.15) is 9.97 Å². The van der Waals surface area contributed by atoms with Crippen molar-refractivity contribution < 1.29 is 22.4 Å². The minimum absolute atomic E-state index is 0.0546. The maximum absolute atomic E-state index is 16.7. The van der Waals surface area contributed by atoms with Gasteiger partial charge in [0.15, 0.2) is 17.9 Å². The highest BCUT2D eigenvalue weighted by Crippen LogP contribution is 2.70. The van der Waals surface area contributed by atoms with Gasteiger partial charge in [0.25, 0.3) is 0 Å². The van der Waals surface area contributed by atoms with E-state index < -0.39 is 23.7 Å². The van der Waals surface area contributed by atoms with E-state index >= 15 is 8.78 Å². The second-order valence-corrected chi connectivity index (χ2v) is 14.2. The molecular weight excluding hydrogens is 589 g/mol. The predicted octanol–water partition coefficient (Wildman–Crippen LogP) is 5.47. The Labute approximate surface area is 257 Å². The normalized spacial score (nSPS) is 36.5. The molecule has 6 aliphatic heterocycles. The van der Waals surface area contributed by atoms with E-state index in [1.807, 2.05) is 30.3 Å². The second-order valence-electron chi connectivity index (χ2n) is 13.8. The lowest BCUT2D eigenvalue weighted by molar-refractivity contribution is -0.947. The number of alkyl halides is 2. The molecule has 6 fully saturated rings. The third kappa shape index (κ3) is 3.19. The first kappa shape index (κ1) is 26.1. The summed E-state index contributed by atoms with van der Waals surface area (Å²) in [6.45, 7) is 2.73. The van der Waals surface area contributed by atoms with Gasteiger partial charge in [0.05, 0.1) is 30.4 Å². The summed E-state index contributed by atoms with van der Waals surface area (Å²) in [4.78, 5) is 18.4. The molecule has 0 radical (unpaired) electrons. The second kappa shape index (κ2) is 8.73. The van der Waals surface area contributed by atoms with Gasteiger partial charge in [-0.25, -0.2) is 13.2 Å². The average Bonchev–Trinajstić information content (AvgIpc) is 3.30. The number of piperazine rings is 1. The molecule has 6 unspecified atom stereocenters. The van der Waals surface area contributed by atoms with Crippen molar-refractivity contribution in [3.63, 3.8) is 0 Å². The van der Waals surface area contributed by atoms with E-state index in [4.69, 9.17) is 21.3 Å². The lowest BCUT2D eigenvalue weighted by atomic mass is 9.91. The summed E-state index contributed by atoms with van der Waals surface area (Å²) < 4.78 is 53.5. The molecule has 0 N–H and O–H groups in total. The van der Waals surface area contributed by atoms with Crippen LogP contribution in [0.1, 0.15) is 25.7 Å². The summed E-state index contributed by atoms with van der Waals surface area (Å²) in [6, 6.07) is 12.2. The Morgan fingerprint density at radius 1 is 1.07 bits per heavy atom. The van der Waals surface area contributed by atoms with Crippen molar-refractivity contribution in [1.29, 1.82) is 0 Å². The molecular formula is C33H31ClF3N6O+. The van der Waals surface area contributed by atoms with Crippen LogP contribution in [0.2, 0.25) is 5.02 Å². The Kier molecular flexibility index (Phi) is 5.17. The Bertz CT molecular complexity index is 1890. The number of fused-ring (bicyclic) bond motifs is 4. The van der Waals surface area contributed by atoms with Gasteiger partial charge in [-0.1, -0.05) is 41.9 Å². The number of benzene rings is 2. The van der Waals surface area contributed by atoms with Crippen LogP contribution >= 0.6 is 11.6 Å². The van der Waals surface area contributed by atoms with Gasteiger partial charge in [-0.05, 0) is 30.8 Å². The minimum Gasteiger partial charge on any atom is -0.461 e. The average molecular weight is 620 g/mol. The molecule has 8 heterocycles. The predicted molar refractivity (Wildman–Crippen MR) is 161 cm³/mol. The Balaban J connectivity index is 1.09. The van der Waals surface area contributed by atoms with E-state index in [2.05, 4.69) is 19.8 Å². The Hall–Kier alpha value is -3.21. The van der Waals surface area contributed by atoms with Crippen LogP contribution in [0.15, 0.2) is 42.6 Å². The molecule has 10 rings (SSSR count). The summed E-state index contributed by atoms with van der Waals surface area (Å²) in [5, 5.41) is 2.57. The zero-order chi connectivity index (χ0) is 29.5. The summed E-state index contributed by atoms with van der Waals surface area (Å²) in [6.07, 6.45) is 3.18. The zero-order valence-electron chi connectivity index (χ0n) is 24.0. The van der Waals surface area contributed by atoms with Gasteiger partial charge in [0.2, 0.25) is 6.17 Å². The quantitative estimate of drug-likeness (QED) is 0.218. The molecule has 8 atom stereocenters. The lowest BCUT2D eigenvalue weighted by Gasteiger charge is -2.55. The van der Waals surface area contributed by atoms with Gasteiger partial charge in [-0.15, -0.1) is 0 Å². The van der Waals surface area contributed by atoms with Crippen molar-refractivity contribution >= 4 is 39.1 Å². The number of hydrogen-bond donors (Lipinski definition) is 0. The van der Waals surface area contributed by atoms with Crippen molar-refractivity contribution in [3.8, 4) is 17.3 Å². The highest BCUT2D eigenvalue weighted by molar-refractivity contribution is 6.36. The number of anilines is 1. The maximum Gasteiger partial charge on any atom is 0.319 e. The van der Waals surface area contributed by atoms with E-state index in [9.17, 15) is 4.39 Å². The number of quaternary nitrogens is 1. The SMILES string of the molecule is Fc1c(-c2cccc3cccc(Cl)c23)ncc2c(N3CC4CC5C6C(F)C(C3)[N+]456)nc(OC[C@@]34CCCN3C[C@H](F)C4)nc12. The molecule has 226 valence electrons. The highest BCUT2D eigenvalue weighted by Gasteiger charge is 2.94. The van der Waals surface area contributed by atoms with Crippen LogP contribution in [-0.4, -0.2) is 99.2 Å². The molecule has 2 aromatic carbocycles. The first-order valence-electron chi connectivity index (χ1n) is 15.7. The van der Waals surface area contributed by atoms with E-state index in [-0.39, 0.29) is 35.9 Å². The van der Waals surface area contributed by atoms with Crippen LogP contribution in [0.3, 0.4) is 0 Å². The molecule has 4 aromatic rings. The summed E-state index contributed by atoms with van der Waals surface area (Å²) in [7, 11) is 0. The van der Waals surface area contributed by atoms with Crippen LogP contribution in [0.4, 0.5) is 19.0 Å². The number of ether oxygens (including phenoxy) is 1. The highest BCUT2D eigenvalue weighted by atomic mass is 35.5. The first-order chi connectivity index (χ1) is 21.4. The van der Waals surface area contributed by atoms with Gasteiger partial charge < -0.3 is 9.64 Å². The number of rotatable bonds is 5. The monoisotopic (exact) mass is 619 g/mol. The molecule has 6 aliphatic rings. The zero-order valence-corrected chi connectivity index (χ0v) is 24.7. The van der Waals surface area contributed by atoms with Crippen LogP contribution in [0.25, 0.3) is 32.9 Å². The van der Waals surface area contributed by atoms with Crippen molar-refractivity contribution in [1.82, 2.24) is 19.9 Å². The van der Waals surface area contributed by atoms with Gasteiger partial charge in [0.1, 0.15) is 41.9 Å². The van der Waals surface area contributed by atoms with E-state index in [1.165, 1.54) is 0 Å². The van der Waals surface area contributed by atoms with Crippen molar-refractivity contribution in [2.24, 2.45) is 0 Å². The van der Waals surface area contributed by atoms with Crippen molar-refractivity contribution in [2.75, 3.05) is 37.7 Å². The van der Waals surface area contributed by atoms with E-state index in [0.29, 0.717) is 58.8 Å². The number of halogens is 4. The molecule has 44 heavy (non-hydrogen) atoms. The Morgan fingerprint density at radius 3 is 2.80 bits per heavy atom. The fourth-order valence-electron chi connectivity index (χ4n) is 10.0. The van der Waals surface area contributed by atoms with Crippen LogP contribution in [0, 0.1) is 5.82 Å². The lowest BCUT2D eigenvalue weighted by Crippen LogP contribution is -2.75. The molecule has 0 aliphatic carbocycles. The molecule has 6 saturated heterocycles. The van der Waals surface area contributed by atoms with Crippen molar-refractivity contribution in [2.45, 2.75) is 67.7 Å². The van der Waals surface area contributed by atoms with Gasteiger partial charge >= 0.3 is 6.01 Å². The maximum atomic E-state index is 16.7. The van der Waals surface area contributed by atoms with Gasteiger partial charge in [-0.3, -0.25) is 14.4 Å². The Morgan fingerprint density at radius 2 is 1.93 bits per heavy atom. The van der Waals surface area contributed by atoms with Gasteiger partial charge in [0, 0.05) is 35.1 Å². The summed E-state index contributed by atoms with van der Waals surface area (Å²) in [5.74, 6) is -0.0655. The molecule has 0 saturated carbocycles.